The Balaban J connectivity index is 1.83. The van der Waals surface area contributed by atoms with Gasteiger partial charge in [0, 0.05) is 18.8 Å². The molecule has 0 aliphatic rings. The number of anilines is 1. The van der Waals surface area contributed by atoms with Crippen molar-refractivity contribution in [3.05, 3.63) is 77.6 Å². The van der Waals surface area contributed by atoms with Gasteiger partial charge in [0.15, 0.2) is 0 Å². The first-order valence-corrected chi connectivity index (χ1v) is 9.31. The summed E-state index contributed by atoms with van der Waals surface area (Å²) >= 11 is 0. The van der Waals surface area contributed by atoms with Crippen molar-refractivity contribution in [2.75, 3.05) is 11.9 Å². The number of para-hydroxylation sites is 2. The third kappa shape index (κ3) is 4.56. The molecule has 3 aromatic rings. The summed E-state index contributed by atoms with van der Waals surface area (Å²) in [6.07, 6.45) is 0.902. The first-order valence-electron chi connectivity index (χ1n) is 9.31. The van der Waals surface area contributed by atoms with Crippen LogP contribution in [0.4, 0.5) is 10.5 Å². The summed E-state index contributed by atoms with van der Waals surface area (Å²) in [6, 6.07) is 19.7. The van der Waals surface area contributed by atoms with Crippen LogP contribution < -0.4 is 5.32 Å². The number of aromatic nitrogens is 2. The molecular weight excluding hydrogens is 336 g/mol. The third-order valence-corrected chi connectivity index (χ3v) is 4.38. The second-order valence-electron chi connectivity index (χ2n) is 6.69. The predicted molar refractivity (Wildman–Crippen MR) is 109 cm³/mol. The number of hydrogen-bond donors (Lipinski definition) is 1. The lowest BCUT2D eigenvalue weighted by Crippen LogP contribution is -2.35. The highest BCUT2D eigenvalue weighted by atomic mass is 16.2. The van der Waals surface area contributed by atoms with Crippen molar-refractivity contribution >= 4 is 11.7 Å². The Morgan fingerprint density at radius 3 is 2.44 bits per heavy atom. The highest BCUT2D eigenvalue weighted by molar-refractivity contribution is 5.91. The number of aryl methyl sites for hydroxylation is 2. The largest absolute Gasteiger partial charge is 0.322 e. The Morgan fingerprint density at radius 1 is 1.07 bits per heavy atom. The number of carbonyl (C=O) groups is 1. The van der Waals surface area contributed by atoms with E-state index in [4.69, 9.17) is 0 Å². The lowest BCUT2D eigenvalue weighted by atomic mass is 10.2. The molecule has 2 amide bonds. The summed E-state index contributed by atoms with van der Waals surface area (Å²) in [7, 11) is 0. The molecule has 0 unspecified atom stereocenters. The zero-order valence-corrected chi connectivity index (χ0v) is 16.1. The Morgan fingerprint density at radius 2 is 1.78 bits per heavy atom. The third-order valence-electron chi connectivity index (χ3n) is 4.38. The molecule has 5 heteroatoms. The topological polar surface area (TPSA) is 50.2 Å². The van der Waals surface area contributed by atoms with E-state index in [-0.39, 0.29) is 6.03 Å². The van der Waals surface area contributed by atoms with Gasteiger partial charge < -0.3 is 10.2 Å². The Labute approximate surface area is 160 Å². The first-order chi connectivity index (χ1) is 13.1. The van der Waals surface area contributed by atoms with Gasteiger partial charge in [-0.25, -0.2) is 9.48 Å². The van der Waals surface area contributed by atoms with E-state index >= 15 is 0 Å². The van der Waals surface area contributed by atoms with Gasteiger partial charge in [0.1, 0.15) is 0 Å². The molecule has 3 rings (SSSR count). The van der Waals surface area contributed by atoms with E-state index in [2.05, 4.69) is 17.3 Å². The van der Waals surface area contributed by atoms with E-state index in [1.807, 2.05) is 84.1 Å². The van der Waals surface area contributed by atoms with Crippen LogP contribution in [0.1, 0.15) is 30.3 Å². The monoisotopic (exact) mass is 362 g/mol. The van der Waals surface area contributed by atoms with Gasteiger partial charge in [-0.15, -0.1) is 0 Å². The molecule has 1 heterocycles. The zero-order valence-electron chi connectivity index (χ0n) is 16.1. The smallest absolute Gasteiger partial charge is 0.320 e. The summed E-state index contributed by atoms with van der Waals surface area (Å²) in [4.78, 5) is 14.8. The van der Waals surface area contributed by atoms with Gasteiger partial charge in [-0.2, -0.15) is 5.10 Å². The van der Waals surface area contributed by atoms with Crippen LogP contribution in [-0.2, 0) is 6.54 Å². The summed E-state index contributed by atoms with van der Waals surface area (Å²) in [5, 5.41) is 7.63. The summed E-state index contributed by atoms with van der Waals surface area (Å²) in [6.45, 7) is 7.34. The van der Waals surface area contributed by atoms with Crippen LogP contribution in [0.2, 0.25) is 0 Å². The second-order valence-corrected chi connectivity index (χ2v) is 6.69. The van der Waals surface area contributed by atoms with Crippen LogP contribution >= 0.6 is 0 Å². The molecule has 0 bridgehead atoms. The van der Waals surface area contributed by atoms with Crippen molar-refractivity contribution in [1.82, 2.24) is 14.7 Å². The maximum Gasteiger partial charge on any atom is 0.322 e. The van der Waals surface area contributed by atoms with Gasteiger partial charge in [0.2, 0.25) is 0 Å². The van der Waals surface area contributed by atoms with Crippen LogP contribution in [0, 0.1) is 13.8 Å². The molecule has 0 aliphatic heterocycles. The van der Waals surface area contributed by atoms with E-state index in [0.717, 1.165) is 34.7 Å². The van der Waals surface area contributed by atoms with Gasteiger partial charge in [0.05, 0.1) is 17.1 Å². The fourth-order valence-corrected chi connectivity index (χ4v) is 3.16. The Kier molecular flexibility index (Phi) is 5.91. The maximum absolute atomic E-state index is 13.0. The number of amides is 2. The highest BCUT2D eigenvalue weighted by Gasteiger charge is 2.16. The minimum atomic E-state index is -0.102. The van der Waals surface area contributed by atoms with Crippen molar-refractivity contribution in [2.24, 2.45) is 0 Å². The quantitative estimate of drug-likeness (QED) is 0.676. The van der Waals surface area contributed by atoms with Gasteiger partial charge in [-0.05, 0) is 44.0 Å². The van der Waals surface area contributed by atoms with Crippen molar-refractivity contribution in [1.29, 1.82) is 0 Å². The predicted octanol–water partition coefficient (Wildman–Crippen LogP) is 4.93. The van der Waals surface area contributed by atoms with Crippen LogP contribution in [-0.4, -0.2) is 27.3 Å². The molecule has 0 fully saturated rings. The zero-order chi connectivity index (χ0) is 19.2. The molecule has 0 atom stereocenters. The summed E-state index contributed by atoms with van der Waals surface area (Å²) < 4.78 is 1.87. The number of benzene rings is 2. The van der Waals surface area contributed by atoms with E-state index in [1.165, 1.54) is 0 Å². The molecular formula is C22H26N4O. The first kappa shape index (κ1) is 18.7. The number of urea groups is 1. The average molecular weight is 362 g/mol. The maximum atomic E-state index is 13.0. The highest BCUT2D eigenvalue weighted by Crippen LogP contribution is 2.22. The van der Waals surface area contributed by atoms with Crippen molar-refractivity contribution < 1.29 is 4.79 Å². The molecule has 0 saturated carbocycles. The van der Waals surface area contributed by atoms with Crippen molar-refractivity contribution in [3.8, 4) is 5.69 Å². The molecule has 2 aromatic carbocycles. The lowest BCUT2D eigenvalue weighted by molar-refractivity contribution is 0.209. The fraction of sp³-hybridized carbons (Fsp3) is 0.273. The molecule has 0 radical (unpaired) electrons. The second kappa shape index (κ2) is 8.54. The van der Waals surface area contributed by atoms with Crippen LogP contribution in [0.3, 0.4) is 0 Å². The average Bonchev–Trinajstić information content (AvgIpc) is 3.00. The van der Waals surface area contributed by atoms with E-state index in [0.29, 0.717) is 13.1 Å². The minimum Gasteiger partial charge on any atom is -0.320 e. The lowest BCUT2D eigenvalue weighted by Gasteiger charge is -2.23. The molecule has 0 saturated heterocycles. The summed E-state index contributed by atoms with van der Waals surface area (Å²) in [5.41, 5.74) is 4.72. The number of rotatable bonds is 6. The standard InChI is InChI=1S/C22H26N4O/c1-4-14-25(16-19-10-6-5-7-11-19)22(27)23-20-12-8-9-13-21(20)26-18(3)15-17(2)24-26/h5-13,15H,4,14,16H2,1-3H3,(H,23,27). The molecule has 5 nitrogen and oxygen atoms in total. The normalized spacial score (nSPS) is 10.6. The minimum absolute atomic E-state index is 0.102. The van der Waals surface area contributed by atoms with Crippen LogP contribution in [0.5, 0.6) is 0 Å². The Bertz CT molecular complexity index is 902. The van der Waals surface area contributed by atoms with Crippen molar-refractivity contribution in [2.45, 2.75) is 33.7 Å². The number of carbonyl (C=O) groups excluding carboxylic acids is 1. The van der Waals surface area contributed by atoms with Crippen LogP contribution in [0.25, 0.3) is 5.69 Å². The number of nitrogens with one attached hydrogen (secondary N) is 1. The molecule has 1 aromatic heterocycles. The molecule has 0 spiro atoms. The SMILES string of the molecule is CCCN(Cc1ccccc1)C(=O)Nc1ccccc1-n1nc(C)cc1C. The molecule has 140 valence electrons. The van der Waals surface area contributed by atoms with E-state index in [9.17, 15) is 4.79 Å². The number of hydrogen-bond acceptors (Lipinski definition) is 2. The van der Waals surface area contributed by atoms with Gasteiger partial charge in [0.25, 0.3) is 0 Å². The molecule has 27 heavy (non-hydrogen) atoms. The van der Waals surface area contributed by atoms with Gasteiger partial charge in [-0.1, -0.05) is 49.4 Å². The van der Waals surface area contributed by atoms with E-state index in [1.54, 1.807) is 0 Å². The van der Waals surface area contributed by atoms with Crippen molar-refractivity contribution in [3.63, 3.8) is 0 Å². The number of nitrogens with zero attached hydrogens (tertiary/aromatic N) is 3. The molecule has 0 aliphatic carbocycles. The Hall–Kier alpha value is -3.08. The van der Waals surface area contributed by atoms with Gasteiger partial charge in [-0.3, -0.25) is 0 Å². The van der Waals surface area contributed by atoms with Crippen LogP contribution in [0.15, 0.2) is 60.7 Å². The molecule has 1 N–H and O–H groups in total. The fourth-order valence-electron chi connectivity index (χ4n) is 3.16. The van der Waals surface area contributed by atoms with Gasteiger partial charge >= 0.3 is 6.03 Å². The summed E-state index contributed by atoms with van der Waals surface area (Å²) in [5.74, 6) is 0. The van der Waals surface area contributed by atoms with E-state index < -0.39 is 0 Å².